The fourth-order valence-corrected chi connectivity index (χ4v) is 5.12. The van der Waals surface area contributed by atoms with Gasteiger partial charge < -0.3 is 9.47 Å². The summed E-state index contributed by atoms with van der Waals surface area (Å²) in [6.07, 6.45) is 4.30. The van der Waals surface area contributed by atoms with Crippen LogP contribution in [0, 0.1) is 0 Å². The SMILES string of the molecule is BrCCCCOc1ccc(C(=C(c2ccccc2)c2ccc(OCCCCBr)cc2)c2ccccc2)cc1. The summed E-state index contributed by atoms with van der Waals surface area (Å²) < 4.78 is 12.0. The maximum absolute atomic E-state index is 5.99. The highest BCUT2D eigenvalue weighted by atomic mass is 79.9. The molecule has 0 N–H and O–H groups in total. The maximum Gasteiger partial charge on any atom is 0.119 e. The van der Waals surface area contributed by atoms with Gasteiger partial charge in [0.1, 0.15) is 11.5 Å². The lowest BCUT2D eigenvalue weighted by molar-refractivity contribution is 0.310. The Hall–Kier alpha value is -2.82. The van der Waals surface area contributed by atoms with E-state index < -0.39 is 0 Å². The van der Waals surface area contributed by atoms with Gasteiger partial charge in [-0.05, 0) is 83.3 Å². The average molecular weight is 634 g/mol. The Labute approximate surface area is 244 Å². The van der Waals surface area contributed by atoms with E-state index in [1.807, 2.05) is 0 Å². The maximum atomic E-state index is 5.99. The first kappa shape index (κ1) is 28.2. The molecule has 38 heavy (non-hydrogen) atoms. The monoisotopic (exact) mass is 632 g/mol. The van der Waals surface area contributed by atoms with E-state index in [0.717, 1.165) is 72.2 Å². The lowest BCUT2D eigenvalue weighted by Crippen LogP contribution is -2.00. The molecule has 0 atom stereocenters. The molecule has 4 aromatic rings. The first-order valence-electron chi connectivity index (χ1n) is 13.2. The molecule has 0 aliphatic heterocycles. The molecule has 0 saturated carbocycles. The third-order valence-corrected chi connectivity index (χ3v) is 7.38. The van der Waals surface area contributed by atoms with Gasteiger partial charge >= 0.3 is 0 Å². The van der Waals surface area contributed by atoms with Crippen LogP contribution in [0.25, 0.3) is 11.1 Å². The summed E-state index contributed by atoms with van der Waals surface area (Å²) in [6, 6.07) is 38.3. The fraction of sp³-hybridized carbons (Fsp3) is 0.235. The lowest BCUT2D eigenvalue weighted by atomic mass is 9.86. The molecule has 2 nitrogen and oxygen atoms in total. The molecule has 0 spiro atoms. The minimum atomic E-state index is 0.728. The van der Waals surface area contributed by atoms with Crippen molar-refractivity contribution in [2.45, 2.75) is 25.7 Å². The molecule has 0 aromatic heterocycles. The van der Waals surface area contributed by atoms with Crippen LogP contribution in [-0.2, 0) is 0 Å². The van der Waals surface area contributed by atoms with Gasteiger partial charge in [-0.2, -0.15) is 0 Å². The standard InChI is InChI=1S/C34H34Br2O2/c35-23-7-9-25-37-31-19-15-29(16-20-31)33(27-11-3-1-4-12-27)34(28-13-5-2-6-14-28)30-17-21-32(22-18-30)38-26-10-8-24-36/h1-6,11-22H,7-10,23-26H2. The Morgan fingerprint density at radius 1 is 0.421 bits per heavy atom. The molecule has 0 aliphatic rings. The van der Waals surface area contributed by atoms with Crippen LogP contribution < -0.4 is 9.47 Å². The van der Waals surface area contributed by atoms with Crippen LogP contribution in [0.15, 0.2) is 109 Å². The summed E-state index contributed by atoms with van der Waals surface area (Å²) in [5.41, 5.74) is 7.03. The molecule has 4 rings (SSSR count). The summed E-state index contributed by atoms with van der Waals surface area (Å²) >= 11 is 6.97. The average Bonchev–Trinajstić information content (AvgIpc) is 2.98. The van der Waals surface area contributed by atoms with E-state index in [9.17, 15) is 0 Å². The summed E-state index contributed by atoms with van der Waals surface area (Å²) in [6.45, 7) is 1.46. The molecule has 196 valence electrons. The minimum Gasteiger partial charge on any atom is -0.494 e. The molecule has 4 heteroatoms. The van der Waals surface area contributed by atoms with Crippen LogP contribution >= 0.6 is 31.9 Å². The molecular weight excluding hydrogens is 600 g/mol. The van der Waals surface area contributed by atoms with E-state index in [4.69, 9.17) is 9.47 Å². The number of hydrogen-bond donors (Lipinski definition) is 0. The number of halogens is 2. The van der Waals surface area contributed by atoms with Crippen molar-refractivity contribution in [2.24, 2.45) is 0 Å². The number of unbranched alkanes of at least 4 members (excludes halogenated alkanes) is 2. The van der Waals surface area contributed by atoms with E-state index in [1.54, 1.807) is 0 Å². The third-order valence-electron chi connectivity index (χ3n) is 6.25. The van der Waals surface area contributed by atoms with E-state index >= 15 is 0 Å². The van der Waals surface area contributed by atoms with Crippen LogP contribution in [0.5, 0.6) is 11.5 Å². The molecule has 0 amide bonds. The van der Waals surface area contributed by atoms with E-state index in [0.29, 0.717) is 0 Å². The van der Waals surface area contributed by atoms with Crippen LogP contribution in [-0.4, -0.2) is 23.9 Å². The third kappa shape index (κ3) is 8.09. The van der Waals surface area contributed by atoms with E-state index in [1.165, 1.54) is 22.3 Å². The van der Waals surface area contributed by atoms with Crippen LogP contribution in [0.1, 0.15) is 47.9 Å². The van der Waals surface area contributed by atoms with Crippen LogP contribution in [0.2, 0.25) is 0 Å². The Kier molecular flexibility index (Phi) is 11.5. The lowest BCUT2D eigenvalue weighted by Gasteiger charge is -2.19. The molecule has 0 radical (unpaired) electrons. The van der Waals surface area contributed by atoms with Crippen molar-refractivity contribution in [3.8, 4) is 11.5 Å². The number of hydrogen-bond acceptors (Lipinski definition) is 2. The van der Waals surface area contributed by atoms with Crippen LogP contribution in [0.4, 0.5) is 0 Å². The van der Waals surface area contributed by atoms with Gasteiger partial charge in [-0.3, -0.25) is 0 Å². The Bertz CT molecular complexity index is 1150. The number of alkyl halides is 2. The van der Waals surface area contributed by atoms with Crippen molar-refractivity contribution in [3.05, 3.63) is 131 Å². The van der Waals surface area contributed by atoms with Gasteiger partial charge in [0, 0.05) is 10.7 Å². The summed E-state index contributed by atoms with van der Waals surface area (Å²) in [4.78, 5) is 0. The summed E-state index contributed by atoms with van der Waals surface area (Å²) in [5.74, 6) is 1.80. The fourth-order valence-electron chi connectivity index (χ4n) is 4.33. The molecule has 0 aliphatic carbocycles. The van der Waals surface area contributed by atoms with Gasteiger partial charge in [0.25, 0.3) is 0 Å². The largest absolute Gasteiger partial charge is 0.494 e. The number of benzene rings is 4. The smallest absolute Gasteiger partial charge is 0.119 e. The van der Waals surface area contributed by atoms with Crippen molar-refractivity contribution in [2.75, 3.05) is 23.9 Å². The molecule has 0 unspecified atom stereocenters. The zero-order valence-electron chi connectivity index (χ0n) is 21.6. The number of ether oxygens (including phenoxy) is 2. The molecule has 0 fully saturated rings. The summed E-state index contributed by atoms with van der Waals surface area (Å²) in [5, 5.41) is 2.01. The second-order valence-electron chi connectivity index (χ2n) is 9.02. The van der Waals surface area contributed by atoms with E-state index in [2.05, 4.69) is 141 Å². The normalized spacial score (nSPS) is 11.6. The van der Waals surface area contributed by atoms with Gasteiger partial charge in [0.15, 0.2) is 0 Å². The Morgan fingerprint density at radius 3 is 1.11 bits per heavy atom. The van der Waals surface area contributed by atoms with Crippen molar-refractivity contribution >= 4 is 43.0 Å². The molecule has 0 heterocycles. The van der Waals surface area contributed by atoms with Crippen molar-refractivity contribution in [1.29, 1.82) is 0 Å². The van der Waals surface area contributed by atoms with Crippen molar-refractivity contribution in [1.82, 2.24) is 0 Å². The topological polar surface area (TPSA) is 18.5 Å². The molecule has 4 aromatic carbocycles. The van der Waals surface area contributed by atoms with Gasteiger partial charge in [-0.25, -0.2) is 0 Å². The van der Waals surface area contributed by atoms with Gasteiger partial charge in [0.2, 0.25) is 0 Å². The Morgan fingerprint density at radius 2 is 0.763 bits per heavy atom. The predicted octanol–water partition coefficient (Wildman–Crippen LogP) is 9.80. The predicted molar refractivity (Wildman–Crippen MR) is 168 cm³/mol. The van der Waals surface area contributed by atoms with E-state index in [-0.39, 0.29) is 0 Å². The van der Waals surface area contributed by atoms with Crippen LogP contribution in [0.3, 0.4) is 0 Å². The molecule has 0 saturated heterocycles. The summed E-state index contributed by atoms with van der Waals surface area (Å²) in [7, 11) is 0. The highest BCUT2D eigenvalue weighted by molar-refractivity contribution is 9.09. The number of rotatable bonds is 14. The van der Waals surface area contributed by atoms with Crippen molar-refractivity contribution in [3.63, 3.8) is 0 Å². The highest BCUT2D eigenvalue weighted by Crippen LogP contribution is 2.37. The molecule has 0 bridgehead atoms. The second kappa shape index (κ2) is 15.6. The van der Waals surface area contributed by atoms with Crippen molar-refractivity contribution < 1.29 is 9.47 Å². The van der Waals surface area contributed by atoms with Gasteiger partial charge in [0.05, 0.1) is 13.2 Å². The molecular formula is C34H34Br2O2. The van der Waals surface area contributed by atoms with Gasteiger partial charge in [-0.1, -0.05) is 117 Å². The first-order valence-corrected chi connectivity index (χ1v) is 15.5. The Balaban J connectivity index is 1.75. The van der Waals surface area contributed by atoms with Gasteiger partial charge in [-0.15, -0.1) is 0 Å². The highest BCUT2D eigenvalue weighted by Gasteiger charge is 2.16. The zero-order valence-corrected chi connectivity index (χ0v) is 24.8. The zero-order chi connectivity index (χ0) is 26.4. The minimum absolute atomic E-state index is 0.728. The first-order chi connectivity index (χ1) is 18.8. The second-order valence-corrected chi connectivity index (χ2v) is 10.6. The quantitative estimate of drug-likeness (QED) is 0.0782.